The zero-order valence-corrected chi connectivity index (χ0v) is 11.9. The molecule has 4 heteroatoms. The van der Waals surface area contributed by atoms with Crippen molar-refractivity contribution >= 4 is 5.97 Å². The maximum atomic E-state index is 11.1. The highest BCUT2D eigenvalue weighted by atomic mass is 16.6. The van der Waals surface area contributed by atoms with E-state index in [-0.39, 0.29) is 18.7 Å². The third kappa shape index (κ3) is 4.94. The van der Waals surface area contributed by atoms with Crippen LogP contribution in [0, 0.1) is 5.92 Å². The van der Waals surface area contributed by atoms with Crippen molar-refractivity contribution in [1.29, 1.82) is 0 Å². The Balaban J connectivity index is 1.50. The Labute approximate surface area is 120 Å². The summed E-state index contributed by atoms with van der Waals surface area (Å²) in [6.07, 6.45) is 2.12. The molecule has 0 spiro atoms. The van der Waals surface area contributed by atoms with Crippen LogP contribution in [0.25, 0.3) is 0 Å². The number of ether oxygens (including phenoxy) is 3. The number of hydrogen-bond acceptors (Lipinski definition) is 4. The lowest BCUT2D eigenvalue weighted by atomic mass is 9.83. The molecule has 0 heterocycles. The Hall–Kier alpha value is -1.39. The van der Waals surface area contributed by atoms with Crippen molar-refractivity contribution in [2.75, 3.05) is 19.8 Å². The van der Waals surface area contributed by atoms with Gasteiger partial charge in [-0.3, -0.25) is 0 Å². The molecule has 1 saturated carbocycles. The second-order valence-corrected chi connectivity index (χ2v) is 5.08. The average Bonchev–Trinajstić information content (AvgIpc) is 2.42. The van der Waals surface area contributed by atoms with E-state index >= 15 is 0 Å². The van der Waals surface area contributed by atoms with Crippen molar-refractivity contribution in [1.82, 2.24) is 0 Å². The second-order valence-electron chi connectivity index (χ2n) is 5.08. The summed E-state index contributed by atoms with van der Waals surface area (Å²) < 4.78 is 16.0. The quantitative estimate of drug-likeness (QED) is 0.686. The SMILES string of the molecule is CCOC(=O)COC1CC(COCc2ccccc2)C1. The molecule has 1 aromatic rings. The van der Waals surface area contributed by atoms with Gasteiger partial charge in [0.25, 0.3) is 0 Å². The van der Waals surface area contributed by atoms with E-state index in [1.165, 1.54) is 5.56 Å². The summed E-state index contributed by atoms with van der Waals surface area (Å²) in [4.78, 5) is 11.1. The molecule has 1 aliphatic carbocycles. The van der Waals surface area contributed by atoms with E-state index < -0.39 is 0 Å². The molecule has 0 radical (unpaired) electrons. The minimum absolute atomic E-state index is 0.0656. The second kappa shape index (κ2) is 8.02. The molecule has 1 aromatic carbocycles. The van der Waals surface area contributed by atoms with E-state index in [0.717, 1.165) is 19.4 Å². The van der Waals surface area contributed by atoms with Crippen LogP contribution < -0.4 is 0 Å². The number of carbonyl (C=O) groups is 1. The van der Waals surface area contributed by atoms with E-state index in [9.17, 15) is 4.79 Å². The van der Waals surface area contributed by atoms with Crippen LogP contribution >= 0.6 is 0 Å². The lowest BCUT2D eigenvalue weighted by Gasteiger charge is -2.34. The summed E-state index contributed by atoms with van der Waals surface area (Å²) in [6.45, 7) is 3.68. The first-order valence-corrected chi connectivity index (χ1v) is 7.16. The summed E-state index contributed by atoms with van der Waals surface area (Å²) in [6, 6.07) is 10.2. The van der Waals surface area contributed by atoms with Crippen molar-refractivity contribution in [3.63, 3.8) is 0 Å². The highest BCUT2D eigenvalue weighted by molar-refractivity contribution is 5.70. The molecule has 2 rings (SSSR count). The van der Waals surface area contributed by atoms with E-state index in [1.54, 1.807) is 6.92 Å². The molecule has 1 fully saturated rings. The van der Waals surface area contributed by atoms with Crippen molar-refractivity contribution in [2.45, 2.75) is 32.5 Å². The van der Waals surface area contributed by atoms with Gasteiger partial charge in [-0.15, -0.1) is 0 Å². The topological polar surface area (TPSA) is 44.8 Å². The van der Waals surface area contributed by atoms with Crippen molar-refractivity contribution in [3.05, 3.63) is 35.9 Å². The van der Waals surface area contributed by atoms with Gasteiger partial charge < -0.3 is 14.2 Å². The first-order chi connectivity index (χ1) is 9.78. The van der Waals surface area contributed by atoms with Crippen molar-refractivity contribution in [3.8, 4) is 0 Å². The van der Waals surface area contributed by atoms with Crippen molar-refractivity contribution < 1.29 is 19.0 Å². The largest absolute Gasteiger partial charge is 0.464 e. The Morgan fingerprint density at radius 2 is 2.00 bits per heavy atom. The zero-order chi connectivity index (χ0) is 14.2. The maximum Gasteiger partial charge on any atom is 0.332 e. The molecule has 1 aliphatic rings. The molecule has 0 aromatic heterocycles. The smallest absolute Gasteiger partial charge is 0.332 e. The van der Waals surface area contributed by atoms with Gasteiger partial charge in [0, 0.05) is 0 Å². The predicted octanol–water partition coefficient (Wildman–Crippen LogP) is 2.56. The number of esters is 1. The molecule has 0 bridgehead atoms. The van der Waals surface area contributed by atoms with Gasteiger partial charge in [-0.25, -0.2) is 4.79 Å². The normalized spacial score (nSPS) is 21.2. The third-order valence-electron chi connectivity index (χ3n) is 3.40. The highest BCUT2D eigenvalue weighted by Crippen LogP contribution is 2.30. The van der Waals surface area contributed by atoms with Gasteiger partial charge in [0.05, 0.1) is 25.9 Å². The summed E-state index contributed by atoms with van der Waals surface area (Å²) >= 11 is 0. The highest BCUT2D eigenvalue weighted by Gasteiger charge is 2.30. The molecule has 4 nitrogen and oxygen atoms in total. The molecule has 110 valence electrons. The van der Waals surface area contributed by atoms with Gasteiger partial charge in [-0.05, 0) is 31.2 Å². The Kier molecular flexibility index (Phi) is 6.02. The average molecular weight is 278 g/mol. The molecular formula is C16H22O4. The maximum absolute atomic E-state index is 11.1. The van der Waals surface area contributed by atoms with E-state index in [1.807, 2.05) is 18.2 Å². The Bertz CT molecular complexity index is 398. The molecule has 20 heavy (non-hydrogen) atoms. The molecular weight excluding hydrogens is 256 g/mol. The molecule has 0 saturated heterocycles. The van der Waals surface area contributed by atoms with E-state index in [0.29, 0.717) is 19.1 Å². The van der Waals surface area contributed by atoms with Crippen LogP contribution in [0.3, 0.4) is 0 Å². The Morgan fingerprint density at radius 1 is 1.25 bits per heavy atom. The monoisotopic (exact) mass is 278 g/mol. The number of hydrogen-bond donors (Lipinski definition) is 0. The number of carbonyl (C=O) groups excluding carboxylic acids is 1. The molecule has 0 atom stereocenters. The summed E-state index contributed by atoms with van der Waals surface area (Å²) in [5.74, 6) is 0.266. The zero-order valence-electron chi connectivity index (χ0n) is 11.9. The van der Waals surface area contributed by atoms with E-state index in [2.05, 4.69) is 12.1 Å². The summed E-state index contributed by atoms with van der Waals surface area (Å²) in [7, 11) is 0. The fourth-order valence-electron chi connectivity index (χ4n) is 2.25. The van der Waals surface area contributed by atoms with Crippen LogP contribution in [-0.4, -0.2) is 31.9 Å². The molecule has 0 unspecified atom stereocenters. The van der Waals surface area contributed by atoms with Gasteiger partial charge in [0.15, 0.2) is 0 Å². The minimum Gasteiger partial charge on any atom is -0.464 e. The van der Waals surface area contributed by atoms with Crippen LogP contribution in [0.2, 0.25) is 0 Å². The van der Waals surface area contributed by atoms with Crippen molar-refractivity contribution in [2.24, 2.45) is 5.92 Å². The number of benzene rings is 1. The third-order valence-corrected chi connectivity index (χ3v) is 3.40. The number of rotatable bonds is 8. The van der Waals surface area contributed by atoms with Gasteiger partial charge in [0.1, 0.15) is 6.61 Å². The molecule has 0 N–H and O–H groups in total. The first-order valence-electron chi connectivity index (χ1n) is 7.16. The van der Waals surface area contributed by atoms with Crippen LogP contribution in [0.5, 0.6) is 0 Å². The van der Waals surface area contributed by atoms with Crippen LogP contribution in [0.15, 0.2) is 30.3 Å². The standard InChI is InChI=1S/C16H22O4/c1-2-19-16(17)12-20-15-8-14(9-15)11-18-10-13-6-4-3-5-7-13/h3-7,14-15H,2,8-12H2,1H3. The lowest BCUT2D eigenvalue weighted by Crippen LogP contribution is -2.35. The van der Waals surface area contributed by atoms with E-state index in [4.69, 9.17) is 14.2 Å². The minimum atomic E-state index is -0.281. The van der Waals surface area contributed by atoms with Crippen LogP contribution in [-0.2, 0) is 25.6 Å². The lowest BCUT2D eigenvalue weighted by molar-refractivity contribution is -0.154. The van der Waals surface area contributed by atoms with Gasteiger partial charge in [-0.2, -0.15) is 0 Å². The predicted molar refractivity (Wildman–Crippen MR) is 75.2 cm³/mol. The molecule has 0 aliphatic heterocycles. The molecule has 0 amide bonds. The fourth-order valence-corrected chi connectivity index (χ4v) is 2.25. The summed E-state index contributed by atoms with van der Waals surface area (Å²) in [5.41, 5.74) is 1.20. The van der Waals surface area contributed by atoms with Crippen LogP contribution in [0.4, 0.5) is 0 Å². The summed E-state index contributed by atoms with van der Waals surface area (Å²) in [5, 5.41) is 0. The first kappa shape index (κ1) is 15.0. The van der Waals surface area contributed by atoms with Gasteiger partial charge >= 0.3 is 5.97 Å². The fraction of sp³-hybridized carbons (Fsp3) is 0.562. The van der Waals surface area contributed by atoms with Gasteiger partial charge in [-0.1, -0.05) is 30.3 Å². The Morgan fingerprint density at radius 3 is 2.70 bits per heavy atom. The van der Waals surface area contributed by atoms with Gasteiger partial charge in [0.2, 0.25) is 0 Å². The van der Waals surface area contributed by atoms with Crippen LogP contribution in [0.1, 0.15) is 25.3 Å².